The predicted octanol–water partition coefficient (Wildman–Crippen LogP) is 8.58. The average Bonchev–Trinajstić information content (AvgIpc) is 2.78. The molecule has 218 valence electrons. The molecule has 0 aromatic heterocycles. The van der Waals surface area contributed by atoms with Gasteiger partial charge in [-0.1, -0.05) is 71.2 Å². The van der Waals surface area contributed by atoms with Gasteiger partial charge in [0.15, 0.2) is 5.78 Å². The van der Waals surface area contributed by atoms with Crippen molar-refractivity contribution in [3.8, 4) is 17.2 Å². The van der Waals surface area contributed by atoms with Crippen LogP contribution >= 0.6 is 0 Å². The fourth-order valence-electron chi connectivity index (χ4n) is 3.13. The van der Waals surface area contributed by atoms with Crippen LogP contribution in [0.5, 0.6) is 17.2 Å². The van der Waals surface area contributed by atoms with Gasteiger partial charge >= 0.3 is 5.97 Å². The Hall–Kier alpha value is -3.02. The molecule has 0 amide bonds. The highest BCUT2D eigenvalue weighted by atomic mass is 16.5. The van der Waals surface area contributed by atoms with Gasteiger partial charge in [-0.2, -0.15) is 0 Å². The molecule has 6 nitrogen and oxygen atoms in total. The summed E-state index contributed by atoms with van der Waals surface area (Å²) >= 11 is 0. The zero-order valence-corrected chi connectivity index (χ0v) is 21.2. The molecule has 2 rings (SSSR count). The number of aryl methyl sites for hydroxylation is 1. The van der Waals surface area contributed by atoms with Crippen molar-refractivity contribution in [3.63, 3.8) is 0 Å². The summed E-state index contributed by atoms with van der Waals surface area (Å²) in [4.78, 5) is 24.7. The first kappa shape index (κ1) is 39.5. The second-order valence-electron chi connectivity index (χ2n) is 9.82. The van der Waals surface area contributed by atoms with E-state index in [0.717, 1.165) is 0 Å². The summed E-state index contributed by atoms with van der Waals surface area (Å²) in [6.45, 7) is 13.8. The molecule has 0 saturated carbocycles. The predicted molar refractivity (Wildman–Crippen MR) is 160 cm³/mol. The molecule has 1 N–H and O–H groups in total. The number of ketones is 1. The Labute approximate surface area is 232 Å². The van der Waals surface area contributed by atoms with Crippen molar-refractivity contribution in [1.29, 1.82) is 0 Å². The van der Waals surface area contributed by atoms with Crippen LogP contribution in [0, 0.1) is 17.8 Å². The third kappa shape index (κ3) is 13.0. The lowest BCUT2D eigenvalue weighted by Crippen LogP contribution is -2.12. The summed E-state index contributed by atoms with van der Waals surface area (Å²) in [6, 6.07) is 10.5. The van der Waals surface area contributed by atoms with Gasteiger partial charge in [-0.15, -0.1) is 0 Å². The van der Waals surface area contributed by atoms with Crippen LogP contribution in [0.3, 0.4) is 0 Å². The van der Waals surface area contributed by atoms with E-state index in [-0.39, 0.29) is 48.3 Å². The van der Waals surface area contributed by atoms with E-state index in [1.54, 1.807) is 30.3 Å². The number of hydrogen-bond acceptors (Lipinski definition) is 5. The Morgan fingerprint density at radius 2 is 1.21 bits per heavy atom. The first-order valence-electron chi connectivity index (χ1n) is 12.0. The van der Waals surface area contributed by atoms with Gasteiger partial charge < -0.3 is 19.3 Å². The molecule has 38 heavy (non-hydrogen) atoms. The van der Waals surface area contributed by atoms with Crippen molar-refractivity contribution in [2.45, 2.75) is 84.1 Å². The monoisotopic (exact) mass is 534 g/mol. The second-order valence-corrected chi connectivity index (χ2v) is 9.82. The smallest absolute Gasteiger partial charge is 0.303 e. The van der Waals surface area contributed by atoms with Crippen LogP contribution in [-0.2, 0) is 11.2 Å². The van der Waals surface area contributed by atoms with Crippen LogP contribution in [0.2, 0.25) is 0 Å². The van der Waals surface area contributed by atoms with E-state index in [1.165, 1.54) is 0 Å². The number of rotatable bonds is 14. The summed E-state index contributed by atoms with van der Waals surface area (Å²) in [5, 5.41) is 9.16. The zero-order chi connectivity index (χ0) is 25.3. The van der Waals surface area contributed by atoms with E-state index in [0.29, 0.717) is 71.5 Å². The van der Waals surface area contributed by atoms with Gasteiger partial charge in [-0.3, -0.25) is 9.59 Å². The fraction of sp³-hybridized carbons (Fsp3) is 0.562. The van der Waals surface area contributed by atoms with E-state index in [2.05, 4.69) is 13.8 Å². The van der Waals surface area contributed by atoms with E-state index in [4.69, 9.17) is 19.3 Å². The van der Waals surface area contributed by atoms with E-state index < -0.39 is 5.97 Å². The highest BCUT2D eigenvalue weighted by molar-refractivity contribution is 6.11. The Kier molecular flexibility index (Phi) is 19.9. The first-order chi connectivity index (χ1) is 16.1. The average molecular weight is 535 g/mol. The van der Waals surface area contributed by atoms with Gasteiger partial charge in [0.1, 0.15) is 17.2 Å². The Balaban J connectivity index is -0.00000306. The van der Waals surface area contributed by atoms with Gasteiger partial charge in [0, 0.05) is 12.0 Å². The summed E-state index contributed by atoms with van der Waals surface area (Å²) < 4.78 is 17.7. The second kappa shape index (κ2) is 19.1. The van der Waals surface area contributed by atoms with Crippen LogP contribution in [0.4, 0.5) is 0 Å². The molecule has 0 saturated heterocycles. The van der Waals surface area contributed by atoms with Crippen LogP contribution in [0.25, 0.3) is 0 Å². The maximum atomic E-state index is 13.6. The topological polar surface area (TPSA) is 82.1 Å². The van der Waals surface area contributed by atoms with Crippen molar-refractivity contribution in [2.75, 3.05) is 19.8 Å². The van der Waals surface area contributed by atoms with Crippen LogP contribution in [-0.4, -0.2) is 36.7 Å². The molecule has 0 unspecified atom stereocenters. The summed E-state index contributed by atoms with van der Waals surface area (Å²) in [7, 11) is 0. The number of aliphatic carboxylic acids is 1. The molecule has 0 bridgehead atoms. The molecule has 0 atom stereocenters. The fourth-order valence-corrected chi connectivity index (χ4v) is 3.13. The van der Waals surface area contributed by atoms with Gasteiger partial charge in [-0.25, -0.2) is 0 Å². The first-order valence-corrected chi connectivity index (χ1v) is 12.0. The molecule has 0 aliphatic carbocycles. The third-order valence-corrected chi connectivity index (χ3v) is 4.85. The van der Waals surface area contributed by atoms with Crippen molar-refractivity contribution in [2.24, 2.45) is 17.8 Å². The van der Waals surface area contributed by atoms with Crippen LogP contribution in [0.15, 0.2) is 36.4 Å². The van der Waals surface area contributed by atoms with E-state index in [9.17, 15) is 9.59 Å². The lowest BCUT2D eigenvalue weighted by Gasteiger charge is -2.17. The Bertz CT molecular complexity index is 962. The van der Waals surface area contributed by atoms with E-state index in [1.807, 2.05) is 33.8 Å². The molecule has 0 aliphatic heterocycles. The van der Waals surface area contributed by atoms with E-state index >= 15 is 0 Å². The zero-order valence-electron chi connectivity index (χ0n) is 21.2. The number of ether oxygens (including phenoxy) is 3. The molecule has 0 heterocycles. The largest absolute Gasteiger partial charge is 0.493 e. The normalized spacial score (nSPS) is 10.0. The van der Waals surface area contributed by atoms with Crippen molar-refractivity contribution < 1.29 is 28.9 Å². The molecule has 6 heteroatoms. The standard InChI is InChI=1S/C28H38O6.4CH4/c1-18(2)15-32-23-9-11-26(34-17-20(5)6)24(14-23)28(31)22-7-10-25(33-16-19(3)4)21(13-22)8-12-27(29)30;;;;/h7,9-11,13-14,18-20H,8,12,15-17H2,1-6H3,(H,29,30);4*1H4. The van der Waals surface area contributed by atoms with Crippen molar-refractivity contribution >= 4 is 11.8 Å². The summed E-state index contributed by atoms with van der Waals surface area (Å²) in [6.07, 6.45) is 0.231. The molecular formula is C32H54O6. The minimum absolute atomic E-state index is 0. The Morgan fingerprint density at radius 1 is 0.711 bits per heavy atom. The summed E-state index contributed by atoms with van der Waals surface area (Å²) in [5.74, 6) is 1.59. The minimum atomic E-state index is -0.897. The molecule has 2 aromatic rings. The number of carbonyl (C=O) groups is 2. The molecule has 2 aromatic carbocycles. The number of benzene rings is 2. The molecule has 0 fully saturated rings. The quantitative estimate of drug-likeness (QED) is 0.244. The molecular weight excluding hydrogens is 480 g/mol. The number of hydrogen-bond donors (Lipinski definition) is 1. The maximum absolute atomic E-state index is 13.6. The summed E-state index contributed by atoms with van der Waals surface area (Å²) in [5.41, 5.74) is 1.57. The molecule has 0 aliphatic rings. The lowest BCUT2D eigenvalue weighted by atomic mass is 9.98. The van der Waals surface area contributed by atoms with Crippen molar-refractivity contribution in [1.82, 2.24) is 0 Å². The number of carboxylic acids is 1. The minimum Gasteiger partial charge on any atom is -0.493 e. The third-order valence-electron chi connectivity index (χ3n) is 4.85. The van der Waals surface area contributed by atoms with Gasteiger partial charge in [0.2, 0.25) is 0 Å². The highest BCUT2D eigenvalue weighted by Gasteiger charge is 2.19. The van der Waals surface area contributed by atoms with Crippen molar-refractivity contribution in [3.05, 3.63) is 53.1 Å². The van der Waals surface area contributed by atoms with Crippen LogP contribution < -0.4 is 14.2 Å². The van der Waals surface area contributed by atoms with Gasteiger partial charge in [-0.05, 0) is 66.1 Å². The molecule has 0 radical (unpaired) electrons. The van der Waals surface area contributed by atoms with Gasteiger partial charge in [0.25, 0.3) is 0 Å². The highest BCUT2D eigenvalue weighted by Crippen LogP contribution is 2.30. The number of carboxylic acid groups (broad SMARTS) is 1. The SMILES string of the molecule is C.C.C.C.CC(C)COc1ccc(OCC(C)C)c(C(=O)c2ccc(OCC(C)C)c(CCC(=O)O)c2)c1. The molecule has 0 spiro atoms. The number of carbonyl (C=O) groups excluding carboxylic acids is 1. The Morgan fingerprint density at radius 3 is 1.74 bits per heavy atom. The maximum Gasteiger partial charge on any atom is 0.303 e. The van der Waals surface area contributed by atoms with Crippen LogP contribution in [0.1, 0.15) is 99.2 Å². The van der Waals surface area contributed by atoms with Gasteiger partial charge in [0.05, 0.1) is 25.4 Å². The lowest BCUT2D eigenvalue weighted by molar-refractivity contribution is -0.136.